The first-order chi connectivity index (χ1) is 25.6. The summed E-state index contributed by atoms with van der Waals surface area (Å²) in [5, 5.41) is 27.1. The SMILES string of the molecule is C=C(C)C1CCC2(C(=O)NCCc3cccc(C(=O)NCC4(CC(=O)O)CCCCC4)c3)CCC3C(CCC4C3(C)CCC3C(C)(C)C(O)CCC34C)C12. The van der Waals surface area contributed by atoms with E-state index in [0.29, 0.717) is 60.6 Å². The van der Waals surface area contributed by atoms with Gasteiger partial charge in [0.1, 0.15) is 0 Å². The van der Waals surface area contributed by atoms with Gasteiger partial charge >= 0.3 is 5.97 Å². The summed E-state index contributed by atoms with van der Waals surface area (Å²) in [6, 6.07) is 7.68. The number of carbonyl (C=O) groups excluding carboxylic acids is 2. The van der Waals surface area contributed by atoms with Crippen molar-refractivity contribution in [3.05, 3.63) is 47.5 Å². The number of amides is 2. The number of carboxylic acid groups (broad SMARTS) is 1. The van der Waals surface area contributed by atoms with E-state index in [1.165, 1.54) is 31.3 Å². The highest BCUT2D eigenvalue weighted by Gasteiger charge is 2.68. The first-order valence-electron chi connectivity index (χ1n) is 21.8. The number of hydrogen-bond acceptors (Lipinski definition) is 4. The molecular weight excluding hydrogens is 673 g/mol. The lowest BCUT2D eigenvalue weighted by Gasteiger charge is -2.69. The summed E-state index contributed by atoms with van der Waals surface area (Å²) in [5.74, 6) is 2.37. The van der Waals surface area contributed by atoms with Crippen molar-refractivity contribution in [3.63, 3.8) is 0 Å². The molecule has 0 spiro atoms. The summed E-state index contributed by atoms with van der Waals surface area (Å²) < 4.78 is 0. The van der Waals surface area contributed by atoms with Crippen molar-refractivity contribution < 1.29 is 24.6 Å². The van der Waals surface area contributed by atoms with Crippen LogP contribution in [0.4, 0.5) is 0 Å². The van der Waals surface area contributed by atoms with Gasteiger partial charge in [0, 0.05) is 18.7 Å². The molecule has 6 aliphatic rings. The number of carboxylic acids is 1. The number of carbonyl (C=O) groups is 3. The third kappa shape index (κ3) is 6.68. The molecule has 0 saturated heterocycles. The monoisotopic (exact) mass is 743 g/mol. The minimum absolute atomic E-state index is 0.0451. The van der Waals surface area contributed by atoms with E-state index in [4.69, 9.17) is 0 Å². The fraction of sp³-hybridized carbons (Fsp3) is 0.766. The lowest BCUT2D eigenvalue weighted by Crippen LogP contribution is -2.64. The van der Waals surface area contributed by atoms with Crippen LogP contribution in [0.3, 0.4) is 0 Å². The smallest absolute Gasteiger partial charge is 0.303 e. The molecule has 0 heterocycles. The summed E-state index contributed by atoms with van der Waals surface area (Å²) in [6.45, 7) is 17.5. The molecule has 0 radical (unpaired) electrons. The zero-order valence-corrected chi connectivity index (χ0v) is 34.1. The Morgan fingerprint density at radius 1 is 0.833 bits per heavy atom. The summed E-state index contributed by atoms with van der Waals surface area (Å²) in [4.78, 5) is 39.5. The maximum Gasteiger partial charge on any atom is 0.303 e. The highest BCUT2D eigenvalue weighted by atomic mass is 16.4. The van der Waals surface area contributed by atoms with Gasteiger partial charge in [-0.3, -0.25) is 14.4 Å². The van der Waals surface area contributed by atoms with Crippen LogP contribution in [0.1, 0.15) is 153 Å². The summed E-state index contributed by atoms with van der Waals surface area (Å²) >= 11 is 0. The van der Waals surface area contributed by atoms with Crippen molar-refractivity contribution in [2.75, 3.05) is 13.1 Å². The largest absolute Gasteiger partial charge is 0.481 e. The van der Waals surface area contributed by atoms with Crippen molar-refractivity contribution in [2.24, 2.45) is 62.6 Å². The van der Waals surface area contributed by atoms with Crippen LogP contribution >= 0.6 is 0 Å². The molecule has 7 nitrogen and oxygen atoms in total. The van der Waals surface area contributed by atoms with Crippen LogP contribution in [0.2, 0.25) is 0 Å². The zero-order valence-electron chi connectivity index (χ0n) is 34.1. The molecule has 1 aromatic rings. The Labute approximate surface area is 325 Å². The minimum atomic E-state index is -0.800. The molecule has 6 saturated carbocycles. The van der Waals surface area contributed by atoms with E-state index in [-0.39, 0.29) is 51.4 Å². The van der Waals surface area contributed by atoms with Gasteiger partial charge in [-0.1, -0.05) is 71.2 Å². The molecule has 4 N–H and O–H groups in total. The molecule has 6 fully saturated rings. The van der Waals surface area contributed by atoms with Gasteiger partial charge in [-0.2, -0.15) is 0 Å². The van der Waals surface area contributed by atoms with E-state index in [0.717, 1.165) is 76.2 Å². The molecule has 7 rings (SSSR count). The molecule has 54 heavy (non-hydrogen) atoms. The van der Waals surface area contributed by atoms with Crippen LogP contribution in [-0.4, -0.2) is 47.2 Å². The highest BCUT2D eigenvalue weighted by molar-refractivity contribution is 5.94. The second kappa shape index (κ2) is 14.7. The number of fused-ring (bicyclic) bond motifs is 7. The molecule has 0 bridgehead atoms. The highest BCUT2D eigenvalue weighted by Crippen LogP contribution is 2.73. The molecule has 10 unspecified atom stereocenters. The Bertz CT molecular complexity index is 1610. The van der Waals surface area contributed by atoms with Crippen molar-refractivity contribution in [1.29, 1.82) is 0 Å². The van der Waals surface area contributed by atoms with E-state index < -0.39 is 5.97 Å². The third-order valence-corrected chi connectivity index (χ3v) is 17.6. The second-order valence-electron chi connectivity index (χ2n) is 20.6. The summed E-state index contributed by atoms with van der Waals surface area (Å²) in [6.07, 6.45) is 16.3. The molecule has 1 aromatic carbocycles. The average Bonchev–Trinajstić information content (AvgIpc) is 3.54. The van der Waals surface area contributed by atoms with Gasteiger partial charge in [-0.15, -0.1) is 0 Å². The Balaban J connectivity index is 1.02. The molecule has 10 atom stereocenters. The number of benzene rings is 1. The number of aliphatic carboxylic acids is 1. The number of rotatable bonds is 10. The second-order valence-corrected chi connectivity index (χ2v) is 20.6. The lowest BCUT2D eigenvalue weighted by atomic mass is 9.36. The van der Waals surface area contributed by atoms with E-state index in [1.807, 2.05) is 24.3 Å². The van der Waals surface area contributed by atoms with Crippen molar-refractivity contribution >= 4 is 17.8 Å². The fourth-order valence-corrected chi connectivity index (χ4v) is 15.0. The minimum Gasteiger partial charge on any atom is -0.481 e. The Morgan fingerprint density at radius 3 is 2.28 bits per heavy atom. The topological polar surface area (TPSA) is 116 Å². The van der Waals surface area contributed by atoms with E-state index in [1.54, 1.807) is 0 Å². The van der Waals surface area contributed by atoms with Crippen LogP contribution in [0, 0.1) is 62.6 Å². The summed E-state index contributed by atoms with van der Waals surface area (Å²) in [5.41, 5.74) is 2.60. The molecule has 2 amide bonds. The van der Waals surface area contributed by atoms with Gasteiger partial charge in [0.2, 0.25) is 5.91 Å². The molecular formula is C47H70N2O5. The zero-order chi connectivity index (χ0) is 38.7. The van der Waals surface area contributed by atoms with Crippen molar-refractivity contribution in [2.45, 2.75) is 150 Å². The van der Waals surface area contributed by atoms with E-state index >= 15 is 0 Å². The van der Waals surface area contributed by atoms with E-state index in [2.05, 4.69) is 51.8 Å². The van der Waals surface area contributed by atoms with Crippen molar-refractivity contribution in [3.8, 4) is 0 Å². The predicted octanol–water partition coefficient (Wildman–Crippen LogP) is 9.13. The maximum atomic E-state index is 14.6. The molecule has 0 aromatic heterocycles. The van der Waals surface area contributed by atoms with Gasteiger partial charge in [-0.05, 0) is 165 Å². The van der Waals surface area contributed by atoms with Gasteiger partial charge in [-0.25, -0.2) is 0 Å². The maximum absolute atomic E-state index is 14.6. The normalized spacial score (nSPS) is 39.2. The van der Waals surface area contributed by atoms with Gasteiger partial charge < -0.3 is 20.8 Å². The van der Waals surface area contributed by atoms with Gasteiger partial charge in [0.05, 0.1) is 17.9 Å². The van der Waals surface area contributed by atoms with Crippen LogP contribution in [0.25, 0.3) is 0 Å². The Kier molecular flexibility index (Phi) is 10.8. The van der Waals surface area contributed by atoms with Gasteiger partial charge in [0.15, 0.2) is 0 Å². The van der Waals surface area contributed by atoms with Gasteiger partial charge in [0.25, 0.3) is 5.91 Å². The first-order valence-corrected chi connectivity index (χ1v) is 21.8. The third-order valence-electron chi connectivity index (χ3n) is 17.6. The number of nitrogens with one attached hydrogen (secondary N) is 2. The number of hydrogen-bond donors (Lipinski definition) is 4. The van der Waals surface area contributed by atoms with Crippen LogP contribution in [0.5, 0.6) is 0 Å². The van der Waals surface area contributed by atoms with Crippen LogP contribution in [0.15, 0.2) is 36.4 Å². The fourth-order valence-electron chi connectivity index (χ4n) is 15.0. The van der Waals surface area contributed by atoms with Crippen LogP contribution in [-0.2, 0) is 16.0 Å². The molecule has 0 aliphatic heterocycles. The van der Waals surface area contributed by atoms with Crippen molar-refractivity contribution in [1.82, 2.24) is 10.6 Å². The number of allylic oxidation sites excluding steroid dienone is 1. The Morgan fingerprint density at radius 2 is 1.56 bits per heavy atom. The number of aliphatic hydroxyl groups is 1. The number of aliphatic hydroxyl groups excluding tert-OH is 1. The standard InChI is InChI=1S/C47H70N2O5/c1-30(2)33-15-24-47(25-16-35-34(40(33)47)13-14-37-44(35,5)22-17-36-43(3,4)38(50)18-23-45(36,37)6)42(54)48-26-19-31-11-10-12-32(27-31)41(53)49-29-46(28-39(51)52)20-8-7-9-21-46/h10-12,27,33-38,40,50H,1,7-9,13-26,28-29H2,2-6H3,(H,48,54)(H,49,53)(H,51,52). The summed E-state index contributed by atoms with van der Waals surface area (Å²) in [7, 11) is 0. The average molecular weight is 743 g/mol. The quantitative estimate of drug-likeness (QED) is 0.179. The molecule has 6 aliphatic carbocycles. The predicted molar refractivity (Wildman–Crippen MR) is 214 cm³/mol. The molecule has 298 valence electrons. The van der Waals surface area contributed by atoms with Crippen LogP contribution < -0.4 is 10.6 Å². The Hall–Kier alpha value is -2.67. The molecule has 7 heteroatoms. The first kappa shape index (κ1) is 39.6. The van der Waals surface area contributed by atoms with E-state index in [9.17, 15) is 24.6 Å². The lowest BCUT2D eigenvalue weighted by molar-refractivity contribution is -0.216.